The highest BCUT2D eigenvalue weighted by atomic mass is 16.6. The van der Waals surface area contributed by atoms with Gasteiger partial charge in [0.15, 0.2) is 0 Å². The molecule has 0 amide bonds. The number of carbonyl (C=O) groups excluding carboxylic acids is 3. The van der Waals surface area contributed by atoms with Crippen LogP contribution in [0.25, 0.3) is 0 Å². The minimum Gasteiger partial charge on any atom is -0.462 e. The molecular formula is C22H28O7. The van der Waals surface area contributed by atoms with Gasteiger partial charge in [-0.1, -0.05) is 18.2 Å². The number of carbonyl (C=O) groups is 3. The minimum absolute atomic E-state index is 0.0250. The zero-order valence-electron chi connectivity index (χ0n) is 17.1. The second-order valence-corrected chi connectivity index (χ2v) is 7.33. The Bertz CT molecular complexity index is 772. The Morgan fingerprint density at radius 3 is 2.76 bits per heavy atom. The normalized spacial score (nSPS) is 27.2. The van der Waals surface area contributed by atoms with Crippen LogP contribution in [0.5, 0.6) is 0 Å². The van der Waals surface area contributed by atoms with Crippen LogP contribution in [0.4, 0.5) is 0 Å². The van der Waals surface area contributed by atoms with Gasteiger partial charge in [-0.2, -0.15) is 0 Å². The molecule has 1 saturated heterocycles. The Morgan fingerprint density at radius 1 is 1.38 bits per heavy atom. The number of hydrogen-bond donors (Lipinski definition) is 1. The molecule has 0 aromatic rings. The van der Waals surface area contributed by atoms with Gasteiger partial charge < -0.3 is 19.3 Å². The molecule has 0 aromatic carbocycles. The molecule has 0 unspecified atom stereocenters. The predicted molar refractivity (Wildman–Crippen MR) is 106 cm³/mol. The lowest BCUT2D eigenvalue weighted by molar-refractivity contribution is -0.147. The molecule has 2 rings (SSSR count). The van der Waals surface area contributed by atoms with Crippen molar-refractivity contribution in [1.82, 2.24) is 0 Å². The smallest absolute Gasteiger partial charge is 0.334 e. The third kappa shape index (κ3) is 6.15. The Balaban J connectivity index is 2.28. The summed E-state index contributed by atoms with van der Waals surface area (Å²) in [4.78, 5) is 35.6. The summed E-state index contributed by atoms with van der Waals surface area (Å²) < 4.78 is 16.0. The lowest BCUT2D eigenvalue weighted by Crippen LogP contribution is -2.33. The van der Waals surface area contributed by atoms with Gasteiger partial charge in [-0.3, -0.25) is 4.79 Å². The van der Waals surface area contributed by atoms with Crippen molar-refractivity contribution < 1.29 is 33.7 Å². The molecule has 1 aliphatic carbocycles. The summed E-state index contributed by atoms with van der Waals surface area (Å²) in [7, 11) is 0. The van der Waals surface area contributed by atoms with E-state index in [2.05, 4.69) is 6.58 Å². The number of ether oxygens (including phenoxy) is 3. The van der Waals surface area contributed by atoms with Crippen molar-refractivity contribution in [3.63, 3.8) is 0 Å². The molecule has 0 radical (unpaired) electrons. The van der Waals surface area contributed by atoms with Gasteiger partial charge in [-0.15, -0.1) is 0 Å². The van der Waals surface area contributed by atoms with E-state index in [0.717, 1.165) is 17.6 Å². The van der Waals surface area contributed by atoms with Crippen LogP contribution < -0.4 is 0 Å². The third-order valence-corrected chi connectivity index (χ3v) is 5.00. The van der Waals surface area contributed by atoms with E-state index >= 15 is 0 Å². The molecule has 7 nitrogen and oxygen atoms in total. The molecule has 0 bridgehead atoms. The number of aliphatic hydroxyl groups excluding tert-OH is 1. The Hall–Kier alpha value is -2.67. The second kappa shape index (κ2) is 10.2. The highest BCUT2D eigenvalue weighted by molar-refractivity contribution is 5.92. The third-order valence-electron chi connectivity index (χ3n) is 5.00. The molecule has 0 spiro atoms. The molecule has 29 heavy (non-hydrogen) atoms. The van der Waals surface area contributed by atoms with E-state index in [4.69, 9.17) is 14.2 Å². The fraction of sp³-hybridized carbons (Fsp3) is 0.500. The van der Waals surface area contributed by atoms with Gasteiger partial charge in [0.05, 0.1) is 12.5 Å². The number of aliphatic hydroxyl groups is 1. The van der Waals surface area contributed by atoms with Crippen LogP contribution >= 0.6 is 0 Å². The highest BCUT2D eigenvalue weighted by Gasteiger charge is 2.44. The molecule has 2 aliphatic rings. The molecule has 0 saturated carbocycles. The van der Waals surface area contributed by atoms with Crippen molar-refractivity contribution in [2.24, 2.45) is 5.92 Å². The molecule has 0 aromatic heterocycles. The minimum atomic E-state index is -0.658. The maximum atomic E-state index is 12.6. The first-order chi connectivity index (χ1) is 13.7. The van der Waals surface area contributed by atoms with E-state index in [1.165, 1.54) is 13.0 Å². The number of allylic oxidation sites excluding steroid dienone is 1. The van der Waals surface area contributed by atoms with Gasteiger partial charge in [0, 0.05) is 24.5 Å². The van der Waals surface area contributed by atoms with Gasteiger partial charge in [-0.05, 0) is 44.4 Å². The van der Waals surface area contributed by atoms with Crippen LogP contribution in [0, 0.1) is 5.92 Å². The van der Waals surface area contributed by atoms with E-state index in [1.807, 2.05) is 13.0 Å². The molecular weight excluding hydrogens is 376 g/mol. The zero-order chi connectivity index (χ0) is 21.6. The SMILES string of the molecule is C=C1C(=O)O[C@@H]2/C=C(\CO)CCC=C(C)C[C@H](OC(=O)/C(C)=C\COC(C)=O)[C@@H]12. The van der Waals surface area contributed by atoms with Crippen LogP contribution in [0.15, 0.2) is 47.1 Å². The number of rotatable bonds is 5. The first-order valence-corrected chi connectivity index (χ1v) is 9.59. The quantitative estimate of drug-likeness (QED) is 0.325. The average molecular weight is 404 g/mol. The summed E-state index contributed by atoms with van der Waals surface area (Å²) in [5.74, 6) is -2.08. The number of fused-ring (bicyclic) bond motifs is 1. The van der Waals surface area contributed by atoms with Crippen LogP contribution in [0.3, 0.4) is 0 Å². The van der Waals surface area contributed by atoms with E-state index in [-0.39, 0.29) is 18.8 Å². The van der Waals surface area contributed by atoms with Crippen LogP contribution in [0.1, 0.15) is 40.0 Å². The van der Waals surface area contributed by atoms with Crippen LogP contribution in [0.2, 0.25) is 0 Å². The summed E-state index contributed by atoms with van der Waals surface area (Å²) >= 11 is 0. The summed E-state index contributed by atoms with van der Waals surface area (Å²) in [6.07, 6.45) is 5.76. The van der Waals surface area contributed by atoms with Gasteiger partial charge in [0.25, 0.3) is 0 Å². The maximum absolute atomic E-state index is 12.6. The fourth-order valence-corrected chi connectivity index (χ4v) is 3.37. The summed E-state index contributed by atoms with van der Waals surface area (Å²) in [5, 5.41) is 9.61. The van der Waals surface area contributed by atoms with Crippen LogP contribution in [-0.2, 0) is 28.6 Å². The molecule has 1 N–H and O–H groups in total. The zero-order valence-corrected chi connectivity index (χ0v) is 17.1. The van der Waals surface area contributed by atoms with Crippen molar-refractivity contribution in [1.29, 1.82) is 0 Å². The molecule has 158 valence electrons. The van der Waals surface area contributed by atoms with Gasteiger partial charge in [-0.25, -0.2) is 9.59 Å². The second-order valence-electron chi connectivity index (χ2n) is 7.33. The van der Waals surface area contributed by atoms with Gasteiger partial charge in [0.1, 0.15) is 18.8 Å². The van der Waals surface area contributed by atoms with Crippen molar-refractivity contribution in [2.45, 2.75) is 52.2 Å². The van der Waals surface area contributed by atoms with Crippen LogP contribution in [-0.4, -0.2) is 48.4 Å². The lowest BCUT2D eigenvalue weighted by Gasteiger charge is -2.27. The standard InChI is InChI=1S/C22H28O7/c1-13-6-5-7-17(12-23)11-19-20(15(3)22(26)29-19)18(10-13)28-21(25)14(2)8-9-27-16(4)24/h6,8,11,18-20,23H,3,5,7,9-10,12H2,1-2,4H3/b13-6?,14-8-,17-11-/t18-,19+,20+/m0/s1. The van der Waals surface area contributed by atoms with Gasteiger partial charge in [0.2, 0.25) is 0 Å². The highest BCUT2D eigenvalue weighted by Crippen LogP contribution is 2.36. The molecule has 1 heterocycles. The molecule has 7 heteroatoms. The summed E-state index contributed by atoms with van der Waals surface area (Å²) in [5.41, 5.74) is 2.31. The predicted octanol–water partition coefficient (Wildman–Crippen LogP) is 2.55. The Labute approximate surface area is 170 Å². The fourth-order valence-electron chi connectivity index (χ4n) is 3.37. The monoisotopic (exact) mass is 404 g/mol. The summed E-state index contributed by atoms with van der Waals surface area (Å²) in [6.45, 7) is 8.47. The van der Waals surface area contributed by atoms with Crippen molar-refractivity contribution >= 4 is 17.9 Å². The van der Waals surface area contributed by atoms with E-state index in [9.17, 15) is 19.5 Å². The average Bonchev–Trinajstić information content (AvgIpc) is 2.93. The summed E-state index contributed by atoms with van der Waals surface area (Å²) in [6, 6.07) is 0. The lowest BCUT2D eigenvalue weighted by atomic mass is 9.85. The number of hydrogen-bond acceptors (Lipinski definition) is 7. The van der Waals surface area contributed by atoms with E-state index < -0.39 is 36.0 Å². The first-order valence-electron chi connectivity index (χ1n) is 9.59. The molecule has 1 fully saturated rings. The molecule has 3 atom stereocenters. The maximum Gasteiger partial charge on any atom is 0.334 e. The van der Waals surface area contributed by atoms with E-state index in [1.54, 1.807) is 13.0 Å². The Morgan fingerprint density at radius 2 is 2.10 bits per heavy atom. The van der Waals surface area contributed by atoms with Gasteiger partial charge >= 0.3 is 17.9 Å². The topological polar surface area (TPSA) is 99.1 Å². The largest absolute Gasteiger partial charge is 0.462 e. The Kier molecular flexibility index (Phi) is 7.96. The molecule has 1 aliphatic heterocycles. The first kappa shape index (κ1) is 22.6. The van der Waals surface area contributed by atoms with Crippen molar-refractivity contribution in [2.75, 3.05) is 13.2 Å². The van der Waals surface area contributed by atoms with Crippen molar-refractivity contribution in [3.05, 3.63) is 47.1 Å². The van der Waals surface area contributed by atoms with Crippen molar-refractivity contribution in [3.8, 4) is 0 Å². The van der Waals surface area contributed by atoms with E-state index in [0.29, 0.717) is 18.4 Å². The number of esters is 3.